The number of hydrogen-bond acceptors (Lipinski definition) is 4. The largest absolute Gasteiger partial charge is 0.397 e. The van der Waals surface area contributed by atoms with Crippen LogP contribution in [0.25, 0.3) is 22.8 Å². The van der Waals surface area contributed by atoms with Crippen LogP contribution in [0.4, 0.5) is 5.69 Å². The monoisotopic (exact) mass is 427 g/mol. The Bertz CT molecular complexity index is 820. The van der Waals surface area contributed by atoms with Crippen LogP contribution in [0.3, 0.4) is 0 Å². The van der Waals surface area contributed by atoms with Gasteiger partial charge in [0.2, 0.25) is 5.82 Å². The lowest BCUT2D eigenvalue weighted by atomic mass is 10.2. The first-order valence-corrected chi connectivity index (χ1v) is 7.86. The van der Waals surface area contributed by atoms with Crippen molar-refractivity contribution in [1.82, 2.24) is 10.1 Å². The molecule has 0 atom stereocenters. The second kappa shape index (κ2) is 5.79. The fourth-order valence-corrected chi connectivity index (χ4v) is 2.67. The predicted molar refractivity (Wildman–Crippen MR) is 90.0 cm³/mol. The average Bonchev–Trinajstić information content (AvgIpc) is 2.94. The van der Waals surface area contributed by atoms with E-state index in [0.717, 1.165) is 14.5 Å². The Labute approximate surface area is 142 Å². The summed E-state index contributed by atoms with van der Waals surface area (Å²) < 4.78 is 6.86. The fourth-order valence-electron chi connectivity index (χ4n) is 1.81. The quantitative estimate of drug-likeness (QED) is 0.571. The van der Waals surface area contributed by atoms with Crippen molar-refractivity contribution in [3.8, 4) is 22.8 Å². The summed E-state index contributed by atoms with van der Waals surface area (Å²) in [6.45, 7) is 0. The smallest absolute Gasteiger partial charge is 0.260 e. The number of benzene rings is 2. The van der Waals surface area contributed by atoms with Crippen molar-refractivity contribution in [3.05, 3.63) is 50.4 Å². The summed E-state index contributed by atoms with van der Waals surface area (Å²) in [5.41, 5.74) is 8.06. The molecule has 21 heavy (non-hydrogen) atoms. The third-order valence-corrected chi connectivity index (χ3v) is 4.79. The van der Waals surface area contributed by atoms with Crippen LogP contribution in [0.2, 0.25) is 5.02 Å². The van der Waals surface area contributed by atoms with E-state index in [-0.39, 0.29) is 0 Å². The third-order valence-electron chi connectivity index (χ3n) is 2.89. The molecule has 106 valence electrons. The van der Waals surface area contributed by atoms with Gasteiger partial charge in [-0.2, -0.15) is 4.98 Å². The van der Waals surface area contributed by atoms with Gasteiger partial charge in [0.1, 0.15) is 0 Å². The van der Waals surface area contributed by atoms with E-state index in [1.165, 1.54) is 0 Å². The van der Waals surface area contributed by atoms with Gasteiger partial charge in [0.15, 0.2) is 0 Å². The van der Waals surface area contributed by atoms with Crippen molar-refractivity contribution in [3.63, 3.8) is 0 Å². The molecule has 0 aliphatic rings. The van der Waals surface area contributed by atoms with Gasteiger partial charge in [0.25, 0.3) is 5.89 Å². The Kier molecular flexibility index (Phi) is 4.01. The zero-order valence-electron chi connectivity index (χ0n) is 10.5. The standard InChI is InChI=1S/C14H8Br2ClN3O/c15-9-3-1-2-8(12(9)18)14-19-13(20-21-14)7-4-5-11(17)10(16)6-7/h1-6H,18H2. The molecule has 1 heterocycles. The van der Waals surface area contributed by atoms with Crippen LogP contribution in [0.15, 0.2) is 49.9 Å². The molecule has 2 N–H and O–H groups in total. The van der Waals surface area contributed by atoms with Crippen LogP contribution in [0, 0.1) is 0 Å². The number of rotatable bonds is 2. The Morgan fingerprint density at radius 2 is 1.90 bits per heavy atom. The van der Waals surface area contributed by atoms with Gasteiger partial charge in [-0.05, 0) is 62.2 Å². The minimum atomic E-state index is 0.370. The lowest BCUT2D eigenvalue weighted by molar-refractivity contribution is 0.432. The summed E-state index contributed by atoms with van der Waals surface area (Å²) in [5.74, 6) is 0.844. The van der Waals surface area contributed by atoms with E-state index in [4.69, 9.17) is 21.9 Å². The lowest BCUT2D eigenvalue weighted by Crippen LogP contribution is -1.91. The first-order chi connectivity index (χ1) is 10.1. The van der Waals surface area contributed by atoms with Gasteiger partial charge in [0, 0.05) is 14.5 Å². The zero-order valence-corrected chi connectivity index (χ0v) is 14.4. The van der Waals surface area contributed by atoms with Gasteiger partial charge in [-0.3, -0.25) is 0 Å². The van der Waals surface area contributed by atoms with Gasteiger partial charge < -0.3 is 10.3 Å². The molecule has 0 fully saturated rings. The summed E-state index contributed by atoms with van der Waals surface area (Å²) in [7, 11) is 0. The number of halogens is 3. The number of aromatic nitrogens is 2. The Balaban J connectivity index is 2.03. The minimum absolute atomic E-state index is 0.370. The maximum absolute atomic E-state index is 6.01. The molecular formula is C14H8Br2ClN3O. The summed E-state index contributed by atoms with van der Waals surface area (Å²) in [6.07, 6.45) is 0. The molecule has 0 saturated heterocycles. The van der Waals surface area contributed by atoms with Crippen molar-refractivity contribution in [2.24, 2.45) is 0 Å². The Morgan fingerprint density at radius 1 is 1.10 bits per heavy atom. The van der Waals surface area contributed by atoms with Crippen LogP contribution in [0.1, 0.15) is 0 Å². The van der Waals surface area contributed by atoms with Crippen molar-refractivity contribution < 1.29 is 4.52 Å². The van der Waals surface area contributed by atoms with Crippen molar-refractivity contribution in [2.75, 3.05) is 5.73 Å². The summed E-state index contributed by atoms with van der Waals surface area (Å²) >= 11 is 12.7. The van der Waals surface area contributed by atoms with Crippen LogP contribution in [-0.2, 0) is 0 Å². The van der Waals surface area contributed by atoms with E-state index in [0.29, 0.717) is 28.0 Å². The molecule has 7 heteroatoms. The maximum atomic E-state index is 6.01. The highest BCUT2D eigenvalue weighted by Crippen LogP contribution is 2.32. The first kappa shape index (κ1) is 14.6. The van der Waals surface area contributed by atoms with Gasteiger partial charge >= 0.3 is 0 Å². The van der Waals surface area contributed by atoms with E-state index in [1.54, 1.807) is 6.07 Å². The first-order valence-electron chi connectivity index (χ1n) is 5.90. The molecule has 1 aromatic heterocycles. The number of nitrogens with zero attached hydrogens (tertiary/aromatic N) is 2. The second-order valence-corrected chi connectivity index (χ2v) is 6.37. The molecule has 4 nitrogen and oxygen atoms in total. The van der Waals surface area contributed by atoms with Crippen molar-refractivity contribution in [2.45, 2.75) is 0 Å². The highest BCUT2D eigenvalue weighted by atomic mass is 79.9. The number of hydrogen-bond donors (Lipinski definition) is 1. The molecule has 0 saturated carbocycles. The van der Waals surface area contributed by atoms with E-state index >= 15 is 0 Å². The van der Waals surface area contributed by atoms with Gasteiger partial charge in [-0.15, -0.1) is 0 Å². The molecule has 3 rings (SSSR count). The minimum Gasteiger partial charge on any atom is -0.397 e. The van der Waals surface area contributed by atoms with Crippen LogP contribution in [0.5, 0.6) is 0 Å². The summed E-state index contributed by atoms with van der Waals surface area (Å²) in [6, 6.07) is 11.0. The van der Waals surface area contributed by atoms with Crippen molar-refractivity contribution in [1.29, 1.82) is 0 Å². The Hall–Kier alpha value is -1.37. The molecule has 0 amide bonds. The molecule has 0 radical (unpaired) electrons. The molecule has 3 aromatic rings. The second-order valence-electron chi connectivity index (χ2n) is 4.25. The molecule has 2 aromatic carbocycles. The number of nitrogens with two attached hydrogens (primary N) is 1. The maximum Gasteiger partial charge on any atom is 0.260 e. The van der Waals surface area contributed by atoms with E-state index in [9.17, 15) is 0 Å². The highest BCUT2D eigenvalue weighted by Gasteiger charge is 2.14. The van der Waals surface area contributed by atoms with Crippen LogP contribution in [-0.4, -0.2) is 10.1 Å². The molecule has 0 bridgehead atoms. The Morgan fingerprint density at radius 3 is 2.67 bits per heavy atom. The number of nitrogen functional groups attached to an aromatic ring is 1. The number of para-hydroxylation sites is 1. The SMILES string of the molecule is Nc1c(Br)cccc1-c1nc(-c2ccc(Cl)c(Br)c2)no1. The third kappa shape index (κ3) is 2.84. The van der Waals surface area contributed by atoms with Gasteiger partial charge in [-0.25, -0.2) is 0 Å². The lowest BCUT2D eigenvalue weighted by Gasteiger charge is -2.01. The number of anilines is 1. The molecular weight excluding hydrogens is 421 g/mol. The van der Waals surface area contributed by atoms with Crippen LogP contribution >= 0.6 is 43.5 Å². The molecule has 0 aliphatic heterocycles. The van der Waals surface area contributed by atoms with E-state index in [1.807, 2.05) is 30.3 Å². The van der Waals surface area contributed by atoms with E-state index < -0.39 is 0 Å². The fraction of sp³-hybridized carbons (Fsp3) is 0. The zero-order chi connectivity index (χ0) is 15.0. The predicted octanol–water partition coefficient (Wildman–Crippen LogP) is 5.16. The molecule has 0 spiro atoms. The molecule has 0 aliphatic carbocycles. The van der Waals surface area contributed by atoms with Gasteiger partial charge in [0.05, 0.1) is 16.3 Å². The summed E-state index contributed by atoms with van der Waals surface area (Å²) in [5, 5.41) is 4.61. The van der Waals surface area contributed by atoms with Crippen LogP contribution < -0.4 is 5.73 Å². The van der Waals surface area contributed by atoms with E-state index in [2.05, 4.69) is 42.0 Å². The topological polar surface area (TPSA) is 64.9 Å². The van der Waals surface area contributed by atoms with Gasteiger partial charge in [-0.1, -0.05) is 22.8 Å². The normalized spacial score (nSPS) is 10.8. The van der Waals surface area contributed by atoms with Crippen molar-refractivity contribution >= 4 is 49.1 Å². The average molecular weight is 429 g/mol. The summed E-state index contributed by atoms with van der Waals surface area (Å²) in [4.78, 5) is 4.38. The highest BCUT2D eigenvalue weighted by molar-refractivity contribution is 9.11. The molecule has 0 unspecified atom stereocenters.